The van der Waals surface area contributed by atoms with E-state index in [4.69, 9.17) is 4.74 Å². The normalized spacial score (nSPS) is 18.1. The fraction of sp³-hybridized carbons (Fsp3) is 0.500. The number of rotatable bonds is 4. The van der Waals surface area contributed by atoms with Crippen LogP contribution in [0.2, 0.25) is 0 Å². The Kier molecular flexibility index (Phi) is 5.83. The van der Waals surface area contributed by atoms with E-state index in [1.807, 2.05) is 29.2 Å². The minimum atomic E-state index is 0.0165. The van der Waals surface area contributed by atoms with Gasteiger partial charge in [-0.2, -0.15) is 0 Å². The van der Waals surface area contributed by atoms with Crippen molar-refractivity contribution in [2.45, 2.75) is 19.8 Å². The van der Waals surface area contributed by atoms with E-state index in [1.54, 1.807) is 7.11 Å². The average Bonchev–Trinajstić information content (AvgIpc) is 2.79. The molecule has 2 aromatic rings. The largest absolute Gasteiger partial charge is 0.496 e. The Morgan fingerprint density at radius 2 is 1.48 bits per heavy atom. The zero-order chi connectivity index (χ0) is 20.2. The van der Waals surface area contributed by atoms with Crippen LogP contribution in [0.5, 0.6) is 5.75 Å². The minimum absolute atomic E-state index is 0.0165. The van der Waals surface area contributed by atoms with E-state index in [0.29, 0.717) is 24.4 Å². The molecule has 0 radical (unpaired) electrons. The van der Waals surface area contributed by atoms with Gasteiger partial charge in [-0.1, -0.05) is 19.1 Å². The van der Waals surface area contributed by atoms with E-state index >= 15 is 0 Å². The minimum Gasteiger partial charge on any atom is -0.496 e. The molecule has 0 saturated carbocycles. The van der Waals surface area contributed by atoms with Crippen molar-refractivity contribution in [3.05, 3.63) is 42.0 Å². The molecule has 0 atom stereocenters. The van der Waals surface area contributed by atoms with Crippen molar-refractivity contribution < 1.29 is 9.53 Å². The highest BCUT2D eigenvalue weighted by Crippen LogP contribution is 2.23. The van der Waals surface area contributed by atoms with Gasteiger partial charge in [0.05, 0.1) is 12.7 Å². The van der Waals surface area contributed by atoms with Crippen molar-refractivity contribution >= 4 is 17.5 Å². The number of carbonyl (C=O) groups is 1. The lowest BCUT2D eigenvalue weighted by Gasteiger charge is -2.35. The Morgan fingerprint density at radius 3 is 2.07 bits per heavy atom. The summed E-state index contributed by atoms with van der Waals surface area (Å²) in [5, 5.41) is 8.93. The second kappa shape index (κ2) is 8.68. The number of benzene rings is 1. The molecule has 1 aromatic heterocycles. The molecule has 1 aromatic carbocycles. The first kappa shape index (κ1) is 19.5. The van der Waals surface area contributed by atoms with Crippen LogP contribution in [0.1, 0.15) is 30.1 Å². The molecule has 7 heteroatoms. The summed E-state index contributed by atoms with van der Waals surface area (Å²) in [5.41, 5.74) is 0.614. The van der Waals surface area contributed by atoms with Crippen molar-refractivity contribution in [2.24, 2.45) is 5.92 Å². The quantitative estimate of drug-likeness (QED) is 0.793. The number of piperazine rings is 1. The van der Waals surface area contributed by atoms with Crippen molar-refractivity contribution in [1.82, 2.24) is 15.1 Å². The van der Waals surface area contributed by atoms with Crippen LogP contribution in [0.15, 0.2) is 36.4 Å². The SMILES string of the molecule is COc1ccccc1C(=O)N1CCN(c2ccc(N3CCC(C)CC3)nn2)CC1. The summed E-state index contributed by atoms with van der Waals surface area (Å²) in [6, 6.07) is 11.5. The third-order valence-electron chi connectivity index (χ3n) is 5.97. The smallest absolute Gasteiger partial charge is 0.257 e. The fourth-order valence-electron chi connectivity index (χ4n) is 4.02. The molecule has 4 rings (SSSR count). The maximum atomic E-state index is 12.9. The van der Waals surface area contributed by atoms with Gasteiger partial charge in [0.2, 0.25) is 0 Å². The first-order valence-corrected chi connectivity index (χ1v) is 10.4. The summed E-state index contributed by atoms with van der Waals surface area (Å²) < 4.78 is 5.33. The Balaban J connectivity index is 1.35. The first-order valence-electron chi connectivity index (χ1n) is 10.4. The number of hydrogen-bond acceptors (Lipinski definition) is 6. The third-order valence-corrected chi connectivity index (χ3v) is 5.97. The van der Waals surface area contributed by atoms with Crippen LogP contribution in [0.3, 0.4) is 0 Å². The summed E-state index contributed by atoms with van der Waals surface area (Å²) in [6.45, 7) is 7.23. The van der Waals surface area contributed by atoms with Crippen LogP contribution < -0.4 is 14.5 Å². The maximum absolute atomic E-state index is 12.9. The molecule has 29 heavy (non-hydrogen) atoms. The Hall–Kier alpha value is -2.83. The number of piperidine rings is 1. The van der Waals surface area contributed by atoms with Crippen molar-refractivity contribution in [2.75, 3.05) is 56.2 Å². The molecule has 2 aliphatic rings. The van der Waals surface area contributed by atoms with Gasteiger partial charge in [0.15, 0.2) is 11.6 Å². The van der Waals surface area contributed by atoms with Gasteiger partial charge in [-0.3, -0.25) is 4.79 Å². The summed E-state index contributed by atoms with van der Waals surface area (Å²) in [7, 11) is 1.59. The van der Waals surface area contributed by atoms with E-state index in [0.717, 1.165) is 43.7 Å². The van der Waals surface area contributed by atoms with Crippen LogP contribution in [-0.4, -0.2) is 67.4 Å². The van der Waals surface area contributed by atoms with Gasteiger partial charge in [-0.25, -0.2) is 0 Å². The fourth-order valence-corrected chi connectivity index (χ4v) is 4.02. The second-order valence-corrected chi connectivity index (χ2v) is 7.90. The number of aromatic nitrogens is 2. The summed E-state index contributed by atoms with van der Waals surface area (Å²) in [6.07, 6.45) is 2.43. The molecule has 0 spiro atoms. The zero-order valence-corrected chi connectivity index (χ0v) is 17.3. The maximum Gasteiger partial charge on any atom is 0.257 e. The van der Waals surface area contributed by atoms with E-state index < -0.39 is 0 Å². The molecule has 2 fully saturated rings. The molecule has 0 aliphatic carbocycles. The van der Waals surface area contributed by atoms with Gasteiger partial charge >= 0.3 is 0 Å². The highest BCUT2D eigenvalue weighted by atomic mass is 16.5. The van der Waals surface area contributed by atoms with Crippen molar-refractivity contribution in [1.29, 1.82) is 0 Å². The van der Waals surface area contributed by atoms with Crippen LogP contribution in [0, 0.1) is 5.92 Å². The molecular weight excluding hydrogens is 366 g/mol. The molecular formula is C22H29N5O2. The molecule has 2 saturated heterocycles. The Morgan fingerprint density at radius 1 is 0.897 bits per heavy atom. The molecule has 0 unspecified atom stereocenters. The van der Waals surface area contributed by atoms with Gasteiger partial charge in [-0.15, -0.1) is 10.2 Å². The molecule has 0 N–H and O–H groups in total. The van der Waals surface area contributed by atoms with E-state index in [9.17, 15) is 4.79 Å². The lowest BCUT2D eigenvalue weighted by Crippen LogP contribution is -2.49. The molecule has 154 valence electrons. The number of carbonyl (C=O) groups excluding carboxylic acids is 1. The summed E-state index contributed by atoms with van der Waals surface area (Å²) in [4.78, 5) is 19.3. The number of para-hydroxylation sites is 1. The number of ether oxygens (including phenoxy) is 1. The number of amides is 1. The van der Waals surface area contributed by atoms with Crippen LogP contribution in [0.25, 0.3) is 0 Å². The first-order chi connectivity index (χ1) is 14.2. The van der Waals surface area contributed by atoms with Crippen LogP contribution in [-0.2, 0) is 0 Å². The van der Waals surface area contributed by atoms with Gasteiger partial charge in [0, 0.05) is 39.3 Å². The zero-order valence-electron chi connectivity index (χ0n) is 17.3. The van der Waals surface area contributed by atoms with Gasteiger partial charge in [0.1, 0.15) is 5.75 Å². The Labute approximate surface area is 172 Å². The van der Waals surface area contributed by atoms with Crippen LogP contribution in [0.4, 0.5) is 11.6 Å². The number of methoxy groups -OCH3 is 1. The number of nitrogens with zero attached hydrogens (tertiary/aromatic N) is 5. The van der Waals surface area contributed by atoms with E-state index in [1.165, 1.54) is 12.8 Å². The predicted octanol–water partition coefficient (Wildman–Crippen LogP) is 2.68. The van der Waals surface area contributed by atoms with Crippen LogP contribution >= 0.6 is 0 Å². The molecule has 0 bridgehead atoms. The summed E-state index contributed by atoms with van der Waals surface area (Å²) in [5.74, 6) is 3.28. The highest BCUT2D eigenvalue weighted by molar-refractivity contribution is 5.97. The number of hydrogen-bond donors (Lipinski definition) is 0. The molecule has 2 aliphatic heterocycles. The monoisotopic (exact) mass is 395 g/mol. The van der Waals surface area contributed by atoms with Crippen molar-refractivity contribution in [3.63, 3.8) is 0 Å². The Bertz CT molecular complexity index is 825. The van der Waals surface area contributed by atoms with Gasteiger partial charge < -0.3 is 19.4 Å². The highest BCUT2D eigenvalue weighted by Gasteiger charge is 2.25. The average molecular weight is 396 g/mol. The van der Waals surface area contributed by atoms with Gasteiger partial charge in [0.25, 0.3) is 5.91 Å². The standard InChI is InChI=1S/C22H29N5O2/c1-17-9-11-25(12-10-17)20-7-8-21(24-23-20)26-13-15-27(16-14-26)22(28)18-5-3-4-6-19(18)29-2/h3-8,17H,9-16H2,1-2H3. The number of anilines is 2. The van der Waals surface area contributed by atoms with Gasteiger partial charge in [-0.05, 0) is 43.0 Å². The third kappa shape index (κ3) is 4.28. The van der Waals surface area contributed by atoms with E-state index in [-0.39, 0.29) is 5.91 Å². The predicted molar refractivity (Wildman–Crippen MR) is 114 cm³/mol. The van der Waals surface area contributed by atoms with E-state index in [2.05, 4.69) is 39.1 Å². The lowest BCUT2D eigenvalue weighted by atomic mass is 9.99. The summed E-state index contributed by atoms with van der Waals surface area (Å²) >= 11 is 0. The molecule has 1 amide bonds. The second-order valence-electron chi connectivity index (χ2n) is 7.90. The van der Waals surface area contributed by atoms with Crippen molar-refractivity contribution in [3.8, 4) is 5.75 Å². The molecule has 3 heterocycles. The topological polar surface area (TPSA) is 61.8 Å². The lowest BCUT2D eigenvalue weighted by molar-refractivity contribution is 0.0743. The molecule has 7 nitrogen and oxygen atoms in total.